The van der Waals surface area contributed by atoms with Crippen LogP contribution in [0.1, 0.15) is 10.4 Å². The monoisotopic (exact) mass is 202 g/mol. The zero-order valence-electron chi connectivity index (χ0n) is 5.86. The van der Waals surface area contributed by atoms with E-state index in [-0.39, 0.29) is 0 Å². The first-order valence-electron chi connectivity index (χ1n) is 3.22. The van der Waals surface area contributed by atoms with Gasteiger partial charge in [0.25, 0.3) is 0 Å². The van der Waals surface area contributed by atoms with Crippen LogP contribution in [0.15, 0.2) is 24.3 Å². The molecular weight excluding hydrogens is 199 g/mol. The third-order valence-corrected chi connectivity index (χ3v) is 2.50. The molecule has 0 N–H and O–H groups in total. The zero-order chi connectivity index (χ0) is 8.55. The SMILES string of the molecule is O=C1O[P@@](Cl)Oc2ccccc21. The van der Waals surface area contributed by atoms with Gasteiger partial charge < -0.3 is 9.05 Å². The van der Waals surface area contributed by atoms with Gasteiger partial charge in [-0.1, -0.05) is 12.1 Å². The molecule has 1 aliphatic heterocycles. The molecule has 1 aromatic rings. The van der Waals surface area contributed by atoms with Crippen LogP contribution in [-0.2, 0) is 4.52 Å². The summed E-state index contributed by atoms with van der Waals surface area (Å²) in [6, 6.07) is 6.84. The van der Waals surface area contributed by atoms with Crippen LogP contribution in [0.5, 0.6) is 5.75 Å². The molecule has 0 fully saturated rings. The average molecular weight is 203 g/mol. The highest BCUT2D eigenvalue weighted by Gasteiger charge is 2.26. The molecule has 0 unspecified atom stereocenters. The Bertz CT molecular complexity index is 328. The van der Waals surface area contributed by atoms with E-state index in [4.69, 9.17) is 15.8 Å². The van der Waals surface area contributed by atoms with Crippen molar-refractivity contribution < 1.29 is 13.8 Å². The molecule has 0 amide bonds. The minimum Gasteiger partial charge on any atom is -0.426 e. The Labute approximate surface area is 74.9 Å². The largest absolute Gasteiger partial charge is 0.426 e. The van der Waals surface area contributed by atoms with Crippen molar-refractivity contribution in [2.75, 3.05) is 0 Å². The topological polar surface area (TPSA) is 35.5 Å². The van der Waals surface area contributed by atoms with Gasteiger partial charge in [-0.2, -0.15) is 0 Å². The van der Waals surface area contributed by atoms with Crippen LogP contribution in [-0.4, -0.2) is 5.97 Å². The van der Waals surface area contributed by atoms with E-state index in [1.54, 1.807) is 24.3 Å². The molecule has 1 atom stereocenters. The quantitative estimate of drug-likeness (QED) is 0.607. The van der Waals surface area contributed by atoms with Crippen LogP contribution in [0.3, 0.4) is 0 Å². The summed E-state index contributed by atoms with van der Waals surface area (Å²) in [6.07, 6.45) is 0. The highest BCUT2D eigenvalue weighted by atomic mass is 35.7. The average Bonchev–Trinajstić information content (AvgIpc) is 2.04. The zero-order valence-corrected chi connectivity index (χ0v) is 7.51. The van der Waals surface area contributed by atoms with Crippen molar-refractivity contribution in [1.29, 1.82) is 0 Å². The number of halogens is 1. The van der Waals surface area contributed by atoms with Gasteiger partial charge in [0.1, 0.15) is 11.3 Å². The van der Waals surface area contributed by atoms with E-state index >= 15 is 0 Å². The Morgan fingerprint density at radius 3 is 2.83 bits per heavy atom. The predicted molar refractivity (Wildman–Crippen MR) is 45.3 cm³/mol. The third kappa shape index (κ3) is 1.26. The molecule has 5 heteroatoms. The van der Waals surface area contributed by atoms with E-state index in [1.165, 1.54) is 0 Å². The Kier molecular flexibility index (Phi) is 1.91. The van der Waals surface area contributed by atoms with Crippen molar-refractivity contribution in [1.82, 2.24) is 0 Å². The number of hydrogen-bond acceptors (Lipinski definition) is 3. The van der Waals surface area contributed by atoms with Gasteiger partial charge in [0, 0.05) is 0 Å². The molecule has 62 valence electrons. The maximum atomic E-state index is 11.1. The number of rotatable bonds is 0. The molecule has 0 spiro atoms. The fourth-order valence-corrected chi connectivity index (χ4v) is 1.92. The normalized spacial score (nSPS) is 20.8. The van der Waals surface area contributed by atoms with E-state index < -0.39 is 13.7 Å². The molecule has 1 aliphatic rings. The second kappa shape index (κ2) is 2.92. The van der Waals surface area contributed by atoms with Crippen molar-refractivity contribution in [3.8, 4) is 5.75 Å². The first kappa shape index (κ1) is 7.84. The summed E-state index contributed by atoms with van der Waals surface area (Å²) in [5.41, 5.74) is 0.428. The van der Waals surface area contributed by atoms with Crippen LogP contribution < -0.4 is 4.52 Å². The lowest BCUT2D eigenvalue weighted by Gasteiger charge is -2.18. The van der Waals surface area contributed by atoms with Crippen LogP contribution in [0.25, 0.3) is 0 Å². The van der Waals surface area contributed by atoms with Crippen molar-refractivity contribution >= 4 is 24.9 Å². The third-order valence-electron chi connectivity index (χ3n) is 1.43. The van der Waals surface area contributed by atoms with E-state index in [1.807, 2.05) is 0 Å². The van der Waals surface area contributed by atoms with Crippen molar-refractivity contribution in [2.24, 2.45) is 0 Å². The molecule has 0 aliphatic carbocycles. The highest BCUT2D eigenvalue weighted by molar-refractivity contribution is 7.76. The van der Waals surface area contributed by atoms with Gasteiger partial charge >= 0.3 is 13.7 Å². The summed E-state index contributed by atoms with van der Waals surface area (Å²) in [6.45, 7) is 0. The van der Waals surface area contributed by atoms with Crippen molar-refractivity contribution in [2.45, 2.75) is 0 Å². The summed E-state index contributed by atoms with van der Waals surface area (Å²) >= 11 is 5.54. The second-order valence-corrected chi connectivity index (χ2v) is 3.80. The molecular formula is C7H4ClO3P. The fraction of sp³-hybridized carbons (Fsp3) is 0. The van der Waals surface area contributed by atoms with Crippen LogP contribution in [0.4, 0.5) is 0 Å². The molecule has 0 radical (unpaired) electrons. The molecule has 2 rings (SSSR count). The molecule has 0 bridgehead atoms. The minimum atomic E-state index is -1.59. The first-order chi connectivity index (χ1) is 5.77. The Balaban J connectivity index is 2.47. The number of carbonyl (C=O) groups excluding carboxylic acids is 1. The smallest absolute Gasteiger partial charge is 0.403 e. The van der Waals surface area contributed by atoms with E-state index in [0.29, 0.717) is 11.3 Å². The van der Waals surface area contributed by atoms with Gasteiger partial charge in [0.15, 0.2) is 0 Å². The molecule has 1 aromatic carbocycles. The van der Waals surface area contributed by atoms with Gasteiger partial charge in [-0.25, -0.2) is 4.79 Å². The molecule has 12 heavy (non-hydrogen) atoms. The van der Waals surface area contributed by atoms with Gasteiger partial charge in [0.2, 0.25) is 0 Å². The maximum absolute atomic E-state index is 11.1. The molecule has 0 aromatic heterocycles. The number of hydrogen-bond donors (Lipinski definition) is 0. The molecule has 1 heterocycles. The lowest BCUT2D eigenvalue weighted by atomic mass is 10.2. The van der Waals surface area contributed by atoms with Gasteiger partial charge in [0.05, 0.1) is 0 Å². The number of carbonyl (C=O) groups is 1. The summed E-state index contributed by atoms with van der Waals surface area (Å²) in [5, 5.41) is 0. The Morgan fingerprint density at radius 1 is 1.25 bits per heavy atom. The molecule has 0 saturated heterocycles. The minimum absolute atomic E-state index is 0.419. The Hall–Kier alpha value is -0.790. The van der Waals surface area contributed by atoms with E-state index in [2.05, 4.69) is 4.52 Å². The van der Waals surface area contributed by atoms with Gasteiger partial charge in [-0.3, -0.25) is 0 Å². The standard InChI is InChI=1S/C7H4ClO3P/c8-12-10-6-4-2-1-3-5(6)7(9)11-12/h1-4H/t12-/m0/s1. The lowest BCUT2D eigenvalue weighted by molar-refractivity contribution is 0.0728. The number of fused-ring (bicyclic) bond motifs is 1. The van der Waals surface area contributed by atoms with E-state index in [9.17, 15) is 4.79 Å². The first-order valence-corrected chi connectivity index (χ1v) is 5.31. The lowest BCUT2D eigenvalue weighted by Crippen LogP contribution is -2.09. The maximum Gasteiger partial charge on any atom is 0.403 e. The summed E-state index contributed by atoms with van der Waals surface area (Å²) in [4.78, 5) is 11.1. The van der Waals surface area contributed by atoms with Gasteiger partial charge in [-0.05, 0) is 23.4 Å². The predicted octanol–water partition coefficient (Wildman–Crippen LogP) is 2.70. The van der Waals surface area contributed by atoms with E-state index in [0.717, 1.165) is 0 Å². The van der Waals surface area contributed by atoms with Crippen LogP contribution >= 0.6 is 19.0 Å². The summed E-state index contributed by atoms with van der Waals surface area (Å²) in [5.74, 6) is 0.0767. The molecule has 0 saturated carbocycles. The molecule has 3 nitrogen and oxygen atoms in total. The van der Waals surface area contributed by atoms with Crippen LogP contribution in [0.2, 0.25) is 0 Å². The summed E-state index contributed by atoms with van der Waals surface area (Å²) < 4.78 is 9.77. The number of benzene rings is 1. The summed E-state index contributed by atoms with van der Waals surface area (Å²) in [7, 11) is -1.59. The fourth-order valence-electron chi connectivity index (χ4n) is 0.925. The number of para-hydroxylation sites is 1. The van der Waals surface area contributed by atoms with Gasteiger partial charge in [-0.15, -0.1) is 0 Å². The van der Waals surface area contributed by atoms with Crippen molar-refractivity contribution in [3.05, 3.63) is 29.8 Å². The van der Waals surface area contributed by atoms with Crippen LogP contribution in [0, 0.1) is 0 Å². The Morgan fingerprint density at radius 2 is 2.00 bits per heavy atom. The second-order valence-electron chi connectivity index (χ2n) is 2.18. The highest BCUT2D eigenvalue weighted by Crippen LogP contribution is 2.49. The van der Waals surface area contributed by atoms with Crippen molar-refractivity contribution in [3.63, 3.8) is 0 Å².